The van der Waals surface area contributed by atoms with Gasteiger partial charge in [-0.3, -0.25) is 0 Å². The number of benzene rings is 4. The van der Waals surface area contributed by atoms with Crippen molar-refractivity contribution in [2.45, 2.75) is 238 Å². The van der Waals surface area contributed by atoms with Crippen LogP contribution in [-0.4, -0.2) is 19.9 Å². The Balaban J connectivity index is 1.03. The second kappa shape index (κ2) is 29.2. The zero-order chi connectivity index (χ0) is 58.3. The van der Waals surface area contributed by atoms with Gasteiger partial charge in [0.05, 0.1) is 0 Å². The van der Waals surface area contributed by atoms with Crippen LogP contribution < -0.4 is 21.4 Å². The topological polar surface area (TPSA) is 63.2 Å². The van der Waals surface area contributed by atoms with Crippen LogP contribution in [0.4, 0.5) is 0 Å². The first kappa shape index (κ1) is 60.2. The van der Waals surface area contributed by atoms with Gasteiger partial charge in [0, 0.05) is 66.1 Å². The Morgan fingerprint density at radius 2 is 0.671 bits per heavy atom. The molecule has 446 valence electrons. The second-order valence-corrected chi connectivity index (χ2v) is 26.4. The summed E-state index contributed by atoms with van der Waals surface area (Å²) < 4.78 is 0. The summed E-state index contributed by atoms with van der Waals surface area (Å²) >= 11 is 0. The first-order valence-electron chi connectivity index (χ1n) is 34.6. The van der Waals surface area contributed by atoms with Gasteiger partial charge in [0.25, 0.3) is 0 Å². The normalized spacial score (nSPS) is 16.5. The van der Waals surface area contributed by atoms with E-state index in [0.717, 1.165) is 50.6 Å². The molecule has 0 amide bonds. The van der Waals surface area contributed by atoms with E-state index in [1.807, 2.05) is 0 Å². The molecule has 1 aliphatic heterocycles. The van der Waals surface area contributed by atoms with Crippen LogP contribution in [0.5, 0.6) is 0 Å². The molecule has 0 saturated heterocycles. The van der Waals surface area contributed by atoms with E-state index in [1.165, 1.54) is 248 Å². The number of rotatable bonds is 33. The fourth-order valence-corrected chi connectivity index (χ4v) is 15.8. The molecule has 4 aromatic carbocycles. The molecule has 4 nitrogen and oxygen atoms in total. The monoisotopic (exact) mass is 1130 g/mol. The van der Waals surface area contributed by atoms with Crippen LogP contribution in [0.2, 0.25) is 0 Å². The maximum atomic E-state index is 4.28. The number of hydrogen-bond acceptors (Lipinski definition) is 0. The van der Waals surface area contributed by atoms with Gasteiger partial charge in [0.1, 0.15) is 0 Å². The minimum atomic E-state index is -0.146. The van der Waals surface area contributed by atoms with Gasteiger partial charge in [-0.2, -0.15) is 0 Å². The number of fused-ring (bicyclic) bond motifs is 14. The molecule has 11 rings (SSSR count). The predicted octanol–water partition coefficient (Wildman–Crippen LogP) is 20.2. The Kier molecular flexibility index (Phi) is 20.7. The Morgan fingerprint density at radius 3 is 1.15 bits per heavy atom. The van der Waals surface area contributed by atoms with Gasteiger partial charge in [-0.1, -0.05) is 292 Å². The van der Waals surface area contributed by atoms with E-state index in [1.54, 1.807) is 11.1 Å². The number of unbranched alkanes of at least 4 members (excludes halogenated alkanes) is 25. The molecule has 4 heteroatoms. The molecule has 0 saturated carbocycles. The van der Waals surface area contributed by atoms with Crippen molar-refractivity contribution in [2.24, 2.45) is 0 Å². The molecule has 2 aliphatic carbocycles. The number of hydrogen-bond donors (Lipinski definition) is 4. The average Bonchev–Trinajstić information content (AvgIpc) is 1.65. The number of H-pyrrole nitrogens is 4. The molecule has 8 bridgehead atoms. The van der Waals surface area contributed by atoms with E-state index in [9.17, 15) is 0 Å². The minimum absolute atomic E-state index is 0.101. The fourth-order valence-electron chi connectivity index (χ4n) is 15.8. The maximum Gasteiger partial charge on any atom is 0.0486 e. The highest BCUT2D eigenvalue weighted by atomic mass is 14.8. The van der Waals surface area contributed by atoms with Gasteiger partial charge in [-0.15, -0.1) is 0 Å². The van der Waals surface area contributed by atoms with Gasteiger partial charge in [0.2, 0.25) is 0 Å². The van der Waals surface area contributed by atoms with Crippen LogP contribution in [0.15, 0.2) is 133 Å². The molecular weight excluding hydrogens is 1030 g/mol. The lowest BCUT2D eigenvalue weighted by atomic mass is 9.68. The SMILES string of the molecule is CCCCCCCCCCCCCCCCC1(CCCCCCCCCC)c2ccccc2-c2cccc(C3=c4ccc([nH]4)=C(c4cccc5c4C(C)(CCCCCCCC)c4ccccc4-5)c4ccc([nH]4)C=c4ccc([nH]4)=Cc4ccc3[nH]4)c21. The molecule has 4 aromatic heterocycles. The highest BCUT2D eigenvalue weighted by Gasteiger charge is 2.45. The summed E-state index contributed by atoms with van der Waals surface area (Å²) in [5.41, 5.74) is 20.9. The summed E-state index contributed by atoms with van der Waals surface area (Å²) in [5, 5.41) is 4.42. The molecule has 0 radical (unpaired) electrons. The molecular formula is C81H102N4. The van der Waals surface area contributed by atoms with Crippen molar-refractivity contribution in [3.63, 3.8) is 0 Å². The molecule has 0 spiro atoms. The Morgan fingerprint density at radius 1 is 0.294 bits per heavy atom. The second-order valence-electron chi connectivity index (χ2n) is 26.4. The number of aromatic nitrogens is 4. The molecule has 4 N–H and O–H groups in total. The van der Waals surface area contributed by atoms with E-state index >= 15 is 0 Å². The van der Waals surface area contributed by atoms with Crippen LogP contribution >= 0.6 is 0 Å². The van der Waals surface area contributed by atoms with Crippen molar-refractivity contribution in [2.75, 3.05) is 0 Å². The van der Waals surface area contributed by atoms with Gasteiger partial charge in [-0.25, -0.2) is 0 Å². The molecule has 2 atom stereocenters. The first-order valence-corrected chi connectivity index (χ1v) is 34.6. The van der Waals surface area contributed by atoms with E-state index in [-0.39, 0.29) is 10.8 Å². The third kappa shape index (κ3) is 13.6. The summed E-state index contributed by atoms with van der Waals surface area (Å²) in [6.07, 6.45) is 45.6. The fraction of sp³-hybridized carbons (Fsp3) is 0.457. The van der Waals surface area contributed by atoms with Gasteiger partial charge in [-0.05, 0) is 136 Å². The third-order valence-electron chi connectivity index (χ3n) is 20.2. The molecule has 0 fully saturated rings. The Hall–Kier alpha value is -6.52. The predicted molar refractivity (Wildman–Crippen MR) is 363 cm³/mol. The summed E-state index contributed by atoms with van der Waals surface area (Å²) in [4.78, 5) is 16.1. The third-order valence-corrected chi connectivity index (χ3v) is 20.2. The van der Waals surface area contributed by atoms with E-state index < -0.39 is 0 Å². The van der Waals surface area contributed by atoms with Gasteiger partial charge < -0.3 is 19.9 Å². The highest BCUT2D eigenvalue weighted by Crippen LogP contribution is 2.57. The summed E-state index contributed by atoms with van der Waals surface area (Å²) in [6, 6.07) is 51.8. The largest absolute Gasteiger partial charge is 0.355 e. The zero-order valence-corrected chi connectivity index (χ0v) is 52.8. The van der Waals surface area contributed by atoms with Crippen LogP contribution in [-0.2, 0) is 10.8 Å². The lowest BCUT2D eigenvalue weighted by molar-refractivity contribution is 0.396. The van der Waals surface area contributed by atoms with Crippen LogP contribution in [0.3, 0.4) is 0 Å². The van der Waals surface area contributed by atoms with E-state index in [0.29, 0.717) is 0 Å². The van der Waals surface area contributed by atoms with Crippen molar-refractivity contribution in [3.05, 3.63) is 211 Å². The Bertz CT molecular complexity index is 3700. The van der Waals surface area contributed by atoms with E-state index in [2.05, 4.69) is 193 Å². The summed E-state index contributed by atoms with van der Waals surface area (Å²) in [7, 11) is 0. The molecule has 3 aliphatic rings. The highest BCUT2D eigenvalue weighted by molar-refractivity contribution is 5.92. The molecule has 2 unspecified atom stereocenters. The lowest BCUT2D eigenvalue weighted by Gasteiger charge is -2.35. The average molecular weight is 1130 g/mol. The van der Waals surface area contributed by atoms with Crippen molar-refractivity contribution >= 4 is 23.3 Å². The van der Waals surface area contributed by atoms with Crippen molar-refractivity contribution < 1.29 is 0 Å². The van der Waals surface area contributed by atoms with Gasteiger partial charge in [0.15, 0.2) is 0 Å². The smallest absolute Gasteiger partial charge is 0.0486 e. The molecule has 8 aromatic rings. The molecule has 5 heterocycles. The lowest BCUT2D eigenvalue weighted by Crippen LogP contribution is -2.28. The van der Waals surface area contributed by atoms with Crippen LogP contribution in [0.1, 0.15) is 283 Å². The van der Waals surface area contributed by atoms with Gasteiger partial charge >= 0.3 is 0 Å². The zero-order valence-electron chi connectivity index (χ0n) is 52.8. The van der Waals surface area contributed by atoms with Crippen LogP contribution in [0.25, 0.3) is 45.6 Å². The maximum absolute atomic E-state index is 4.28. The number of nitrogens with one attached hydrogen (secondary N) is 4. The standard InChI is InChI=1S/C81H102N4/c1-5-8-11-14-17-19-20-21-22-23-24-26-29-36-57-81(56-35-28-25-18-15-12-9-6-2)71-46-33-31-40-65(71)67-42-38-44-69(79(67)81)77-73-52-50-63(84-73)59-61-48-47-60(82-61)58-62-49-51-72(83-62)76(74-53-54-75(77)85-74)68-43-37-41-66-64-39-30-32-45-70(64)80(4,78(66)68)55-34-27-16-13-10-7-3/h30-33,37-54,58-59,82-85H,5-29,34-36,55-57H2,1-4H3. The summed E-state index contributed by atoms with van der Waals surface area (Å²) in [5.74, 6) is 0. The quantitative estimate of drug-likeness (QED) is 0.0296. The first-order chi connectivity index (χ1) is 41.9. The minimum Gasteiger partial charge on any atom is -0.355 e. The summed E-state index contributed by atoms with van der Waals surface area (Å²) in [6.45, 7) is 9.53. The van der Waals surface area contributed by atoms with Crippen molar-refractivity contribution in [1.29, 1.82) is 0 Å². The molecule has 85 heavy (non-hydrogen) atoms. The van der Waals surface area contributed by atoms with E-state index in [4.69, 9.17) is 0 Å². The number of aromatic amines is 4. The van der Waals surface area contributed by atoms with Crippen molar-refractivity contribution in [3.8, 4) is 22.3 Å². The van der Waals surface area contributed by atoms with Crippen LogP contribution in [0, 0.1) is 0 Å². The van der Waals surface area contributed by atoms with Crippen molar-refractivity contribution in [1.82, 2.24) is 19.9 Å². The Labute approximate surface area is 511 Å².